The Morgan fingerprint density at radius 1 is 1.50 bits per heavy atom. The van der Waals surface area contributed by atoms with Gasteiger partial charge in [-0.1, -0.05) is 13.8 Å². The van der Waals surface area contributed by atoms with E-state index in [0.29, 0.717) is 5.41 Å². The lowest BCUT2D eigenvalue weighted by molar-refractivity contribution is 0.0214. The molecule has 0 unspecified atom stereocenters. The van der Waals surface area contributed by atoms with Crippen molar-refractivity contribution in [3.63, 3.8) is 0 Å². The smallest absolute Gasteiger partial charge is 0.0114 e. The van der Waals surface area contributed by atoms with Crippen molar-refractivity contribution in [2.24, 2.45) is 11.3 Å². The zero-order valence-electron chi connectivity index (χ0n) is 7.63. The van der Waals surface area contributed by atoms with E-state index in [0.717, 1.165) is 11.8 Å². The Hall–Kier alpha value is -0.300. The Labute approximate surface area is 77.6 Å². The molecule has 1 saturated carbocycles. The van der Waals surface area contributed by atoms with Gasteiger partial charge in [0.05, 0.1) is 0 Å². The van der Waals surface area contributed by atoms with Gasteiger partial charge >= 0.3 is 0 Å². The Morgan fingerprint density at radius 3 is 3.08 bits per heavy atom. The topological polar surface area (TPSA) is 0 Å². The zero-order chi connectivity index (χ0) is 8.34. The third-order valence-electron chi connectivity index (χ3n) is 4.03. The van der Waals surface area contributed by atoms with Crippen LogP contribution in [0.25, 0.3) is 0 Å². The molecule has 12 heavy (non-hydrogen) atoms. The number of thiophene rings is 1. The van der Waals surface area contributed by atoms with Gasteiger partial charge in [0.15, 0.2) is 0 Å². The number of rotatable bonds is 0. The molecule has 0 amide bonds. The molecule has 64 valence electrons. The predicted molar refractivity (Wildman–Crippen MR) is 52.7 cm³/mol. The van der Waals surface area contributed by atoms with Crippen molar-refractivity contribution in [2.75, 3.05) is 0 Å². The summed E-state index contributed by atoms with van der Waals surface area (Å²) in [5.41, 5.74) is 2.26. The SMILES string of the molecule is CC1(C)[C@H]2Cc3ccsc3[C@@H]1C2. The standard InChI is InChI=1S/C11H14S/c1-11(2)8-5-7-3-4-12-10(7)9(11)6-8/h3-4,8-9H,5-6H2,1-2H3/t8-,9-/m0/s1. The summed E-state index contributed by atoms with van der Waals surface area (Å²) in [6, 6.07) is 2.33. The van der Waals surface area contributed by atoms with Crippen LogP contribution in [-0.4, -0.2) is 0 Å². The van der Waals surface area contributed by atoms with Crippen molar-refractivity contribution >= 4 is 11.3 Å². The fraction of sp³-hybridized carbons (Fsp3) is 0.636. The molecule has 1 fully saturated rings. The van der Waals surface area contributed by atoms with Crippen LogP contribution < -0.4 is 0 Å². The van der Waals surface area contributed by atoms with E-state index in [-0.39, 0.29) is 0 Å². The number of hydrogen-bond donors (Lipinski definition) is 0. The molecule has 2 atom stereocenters. The highest BCUT2D eigenvalue weighted by molar-refractivity contribution is 7.10. The van der Waals surface area contributed by atoms with Crippen molar-refractivity contribution in [1.29, 1.82) is 0 Å². The van der Waals surface area contributed by atoms with Gasteiger partial charge in [0.1, 0.15) is 0 Å². The number of hydrogen-bond acceptors (Lipinski definition) is 1. The average Bonchev–Trinajstić information content (AvgIpc) is 2.49. The molecule has 0 nitrogen and oxygen atoms in total. The third-order valence-corrected chi connectivity index (χ3v) is 5.11. The van der Waals surface area contributed by atoms with Crippen LogP contribution in [0.3, 0.4) is 0 Å². The van der Waals surface area contributed by atoms with Gasteiger partial charge in [-0.2, -0.15) is 0 Å². The lowest BCUT2D eigenvalue weighted by Crippen LogP contribution is -2.47. The molecule has 3 aliphatic rings. The van der Waals surface area contributed by atoms with Gasteiger partial charge in [-0.15, -0.1) is 11.3 Å². The highest BCUT2D eigenvalue weighted by atomic mass is 32.1. The fourth-order valence-corrected chi connectivity index (χ4v) is 4.14. The molecule has 1 aromatic rings. The summed E-state index contributed by atoms with van der Waals surface area (Å²) in [4.78, 5) is 1.70. The van der Waals surface area contributed by atoms with E-state index in [2.05, 4.69) is 25.3 Å². The summed E-state index contributed by atoms with van der Waals surface area (Å²) in [7, 11) is 0. The van der Waals surface area contributed by atoms with Crippen LogP contribution in [0, 0.1) is 11.3 Å². The van der Waals surface area contributed by atoms with Crippen LogP contribution in [0.4, 0.5) is 0 Å². The summed E-state index contributed by atoms with van der Waals surface area (Å²) in [6.07, 6.45) is 2.81. The van der Waals surface area contributed by atoms with E-state index in [4.69, 9.17) is 0 Å². The van der Waals surface area contributed by atoms with E-state index < -0.39 is 0 Å². The summed E-state index contributed by atoms with van der Waals surface area (Å²) in [6.45, 7) is 4.88. The van der Waals surface area contributed by atoms with Crippen LogP contribution in [0.1, 0.15) is 36.6 Å². The molecule has 1 heteroatoms. The lowest BCUT2D eigenvalue weighted by Gasteiger charge is -2.56. The Morgan fingerprint density at radius 2 is 2.33 bits per heavy atom. The molecule has 1 heterocycles. The van der Waals surface area contributed by atoms with Gasteiger partial charge in [-0.25, -0.2) is 0 Å². The van der Waals surface area contributed by atoms with Crippen LogP contribution in [0.5, 0.6) is 0 Å². The molecule has 0 saturated heterocycles. The summed E-state index contributed by atoms with van der Waals surface area (Å²) < 4.78 is 0. The third kappa shape index (κ3) is 0.646. The average molecular weight is 178 g/mol. The molecule has 0 aromatic carbocycles. The summed E-state index contributed by atoms with van der Waals surface area (Å²) in [5, 5.41) is 2.27. The zero-order valence-corrected chi connectivity index (χ0v) is 8.45. The van der Waals surface area contributed by atoms with Crippen molar-refractivity contribution in [3.8, 4) is 0 Å². The van der Waals surface area contributed by atoms with Crippen molar-refractivity contribution in [3.05, 3.63) is 21.9 Å². The second-order valence-corrected chi connectivity index (χ2v) is 5.77. The monoisotopic (exact) mass is 178 g/mol. The normalized spacial score (nSPS) is 35.5. The van der Waals surface area contributed by atoms with Gasteiger partial charge in [-0.05, 0) is 47.1 Å². The second kappa shape index (κ2) is 1.95. The van der Waals surface area contributed by atoms with Crippen LogP contribution >= 0.6 is 11.3 Å². The predicted octanol–water partition coefficient (Wildman–Crippen LogP) is 3.43. The van der Waals surface area contributed by atoms with E-state index >= 15 is 0 Å². The van der Waals surface area contributed by atoms with E-state index in [1.807, 2.05) is 11.3 Å². The quantitative estimate of drug-likeness (QED) is 0.571. The Kier molecular flexibility index (Phi) is 1.16. The molecule has 0 spiro atoms. The maximum absolute atomic E-state index is 2.44. The first-order chi connectivity index (χ1) is 5.69. The molecule has 0 aliphatic heterocycles. The van der Waals surface area contributed by atoms with Crippen molar-refractivity contribution in [2.45, 2.75) is 32.6 Å². The van der Waals surface area contributed by atoms with E-state index in [1.165, 1.54) is 12.8 Å². The molecule has 1 aromatic heterocycles. The highest BCUT2D eigenvalue weighted by Crippen LogP contribution is 2.63. The summed E-state index contributed by atoms with van der Waals surface area (Å²) >= 11 is 1.97. The molecular weight excluding hydrogens is 164 g/mol. The largest absolute Gasteiger partial charge is 0.148 e. The summed E-state index contributed by atoms with van der Waals surface area (Å²) in [5.74, 6) is 1.87. The first kappa shape index (κ1) is 7.14. The fourth-order valence-electron chi connectivity index (χ4n) is 2.89. The molecular formula is C11H14S. The molecule has 0 radical (unpaired) electrons. The minimum Gasteiger partial charge on any atom is -0.148 e. The van der Waals surface area contributed by atoms with Crippen molar-refractivity contribution < 1.29 is 0 Å². The Bertz CT molecular complexity index is 322. The van der Waals surface area contributed by atoms with E-state index in [9.17, 15) is 0 Å². The molecule has 0 N–H and O–H groups in total. The first-order valence-electron chi connectivity index (χ1n) is 4.76. The van der Waals surface area contributed by atoms with Gasteiger partial charge in [0.2, 0.25) is 0 Å². The van der Waals surface area contributed by atoms with Crippen LogP contribution in [-0.2, 0) is 6.42 Å². The Balaban J connectivity index is 2.13. The van der Waals surface area contributed by atoms with Crippen LogP contribution in [0.2, 0.25) is 0 Å². The van der Waals surface area contributed by atoms with E-state index in [1.54, 1.807) is 10.4 Å². The van der Waals surface area contributed by atoms with Crippen LogP contribution in [0.15, 0.2) is 11.4 Å². The van der Waals surface area contributed by atoms with Crippen molar-refractivity contribution in [1.82, 2.24) is 0 Å². The van der Waals surface area contributed by atoms with Gasteiger partial charge in [0, 0.05) is 4.88 Å². The molecule has 2 bridgehead atoms. The maximum atomic E-state index is 2.44. The lowest BCUT2D eigenvalue weighted by atomic mass is 9.49. The molecule has 4 rings (SSSR count). The van der Waals surface area contributed by atoms with Gasteiger partial charge in [-0.3, -0.25) is 0 Å². The minimum absolute atomic E-state index is 0.609. The van der Waals surface area contributed by atoms with Gasteiger partial charge < -0.3 is 0 Å². The maximum Gasteiger partial charge on any atom is 0.0114 e. The second-order valence-electron chi connectivity index (χ2n) is 4.82. The minimum atomic E-state index is 0.609. The molecule has 3 aliphatic carbocycles. The van der Waals surface area contributed by atoms with Gasteiger partial charge in [0.25, 0.3) is 0 Å². The first-order valence-corrected chi connectivity index (χ1v) is 5.64. The highest BCUT2D eigenvalue weighted by Gasteiger charge is 2.52.